The number of hydrogen-bond acceptors (Lipinski definition) is 5. The lowest BCUT2D eigenvalue weighted by molar-refractivity contribution is 0.572. The van der Waals surface area contributed by atoms with Gasteiger partial charge in [0.15, 0.2) is 5.82 Å². The van der Waals surface area contributed by atoms with E-state index in [0.717, 1.165) is 31.9 Å². The molecule has 0 amide bonds. The molecule has 0 bridgehead atoms. The zero-order chi connectivity index (χ0) is 14.3. The first-order valence-corrected chi connectivity index (χ1v) is 8.28. The molecule has 0 atom stereocenters. The Morgan fingerprint density at radius 3 is 2.81 bits per heavy atom. The predicted octanol–water partition coefficient (Wildman–Crippen LogP) is 3.16. The molecule has 1 aliphatic heterocycles. The highest BCUT2D eigenvalue weighted by molar-refractivity contribution is 5.40. The summed E-state index contributed by atoms with van der Waals surface area (Å²) in [6, 6.07) is 0. The van der Waals surface area contributed by atoms with Crippen LogP contribution >= 0.6 is 0 Å². The van der Waals surface area contributed by atoms with E-state index < -0.39 is 0 Å². The lowest BCUT2D eigenvalue weighted by Gasteiger charge is -2.27. The van der Waals surface area contributed by atoms with Crippen LogP contribution in [0.5, 0.6) is 0 Å². The van der Waals surface area contributed by atoms with Crippen molar-refractivity contribution in [3.05, 3.63) is 17.8 Å². The molecule has 0 saturated carbocycles. The van der Waals surface area contributed by atoms with Crippen LogP contribution in [0.4, 0.5) is 11.8 Å². The molecule has 2 aliphatic rings. The summed E-state index contributed by atoms with van der Waals surface area (Å²) in [4.78, 5) is 6.91. The number of nitrogens with one attached hydrogen (secondary N) is 1. The molecule has 1 saturated heterocycles. The smallest absolute Gasteiger partial charge is 0.244 e. The van der Waals surface area contributed by atoms with Gasteiger partial charge in [-0.25, -0.2) is 0 Å². The van der Waals surface area contributed by atoms with Crippen LogP contribution in [0.2, 0.25) is 0 Å². The van der Waals surface area contributed by atoms with E-state index >= 15 is 0 Å². The minimum absolute atomic E-state index is 0.662. The van der Waals surface area contributed by atoms with Gasteiger partial charge in [-0.05, 0) is 51.4 Å². The first-order chi connectivity index (χ1) is 10.4. The van der Waals surface area contributed by atoms with Crippen LogP contribution in [0.25, 0.3) is 0 Å². The van der Waals surface area contributed by atoms with E-state index in [0.29, 0.717) is 5.95 Å². The summed E-state index contributed by atoms with van der Waals surface area (Å²) < 4.78 is 0. The molecule has 1 fully saturated rings. The van der Waals surface area contributed by atoms with Crippen molar-refractivity contribution in [1.82, 2.24) is 15.2 Å². The maximum absolute atomic E-state index is 4.60. The zero-order valence-corrected chi connectivity index (χ0v) is 12.7. The molecule has 114 valence electrons. The van der Waals surface area contributed by atoms with E-state index in [-0.39, 0.29) is 0 Å². The molecule has 2 heterocycles. The number of nitrogens with zero attached hydrogens (tertiary/aromatic N) is 4. The summed E-state index contributed by atoms with van der Waals surface area (Å²) in [5.41, 5.74) is 1.58. The van der Waals surface area contributed by atoms with Gasteiger partial charge in [0.05, 0.1) is 6.20 Å². The van der Waals surface area contributed by atoms with Crippen molar-refractivity contribution in [3.63, 3.8) is 0 Å². The molecule has 3 rings (SSSR count). The van der Waals surface area contributed by atoms with E-state index in [9.17, 15) is 0 Å². The Morgan fingerprint density at radius 1 is 1.10 bits per heavy atom. The van der Waals surface area contributed by atoms with Gasteiger partial charge < -0.3 is 10.2 Å². The highest BCUT2D eigenvalue weighted by Gasteiger charge is 2.13. The van der Waals surface area contributed by atoms with Crippen molar-refractivity contribution in [2.75, 3.05) is 29.9 Å². The van der Waals surface area contributed by atoms with Crippen LogP contribution in [-0.4, -0.2) is 34.8 Å². The SMILES string of the molecule is C1=C(CCNc2nncc(N3CCCCC3)n2)CCCC1. The Kier molecular flexibility index (Phi) is 5.03. The van der Waals surface area contributed by atoms with Gasteiger partial charge in [0, 0.05) is 19.6 Å². The minimum atomic E-state index is 0.662. The number of allylic oxidation sites excluding steroid dienone is 1. The molecular weight excluding hydrogens is 262 g/mol. The van der Waals surface area contributed by atoms with Crippen LogP contribution in [-0.2, 0) is 0 Å². The molecule has 0 unspecified atom stereocenters. The Labute approximate surface area is 126 Å². The first-order valence-electron chi connectivity index (χ1n) is 8.28. The highest BCUT2D eigenvalue weighted by atomic mass is 15.3. The van der Waals surface area contributed by atoms with Crippen LogP contribution in [0.1, 0.15) is 51.4 Å². The number of rotatable bonds is 5. The molecule has 1 aromatic heterocycles. The lowest BCUT2D eigenvalue weighted by atomic mass is 9.97. The van der Waals surface area contributed by atoms with Crippen LogP contribution < -0.4 is 10.2 Å². The normalized spacial score (nSPS) is 19.2. The van der Waals surface area contributed by atoms with E-state index in [2.05, 4.69) is 31.5 Å². The third-order valence-corrected chi connectivity index (χ3v) is 4.34. The van der Waals surface area contributed by atoms with E-state index in [1.54, 1.807) is 11.8 Å². The summed E-state index contributed by atoms with van der Waals surface area (Å²) in [7, 11) is 0. The molecule has 1 aliphatic carbocycles. The zero-order valence-electron chi connectivity index (χ0n) is 12.7. The second-order valence-electron chi connectivity index (χ2n) is 5.97. The molecular formula is C16H25N5. The van der Waals surface area contributed by atoms with Crippen molar-refractivity contribution in [2.45, 2.75) is 51.4 Å². The molecule has 5 nitrogen and oxygen atoms in total. The van der Waals surface area contributed by atoms with Crippen LogP contribution in [0.3, 0.4) is 0 Å². The quantitative estimate of drug-likeness (QED) is 0.843. The van der Waals surface area contributed by atoms with Gasteiger partial charge in [0.25, 0.3) is 0 Å². The monoisotopic (exact) mass is 287 g/mol. The summed E-state index contributed by atoms with van der Waals surface area (Å²) in [6.45, 7) is 3.08. The average molecular weight is 287 g/mol. The fourth-order valence-electron chi connectivity index (χ4n) is 3.11. The van der Waals surface area contributed by atoms with Gasteiger partial charge in [-0.1, -0.05) is 11.6 Å². The highest BCUT2D eigenvalue weighted by Crippen LogP contribution is 2.20. The van der Waals surface area contributed by atoms with Crippen LogP contribution in [0.15, 0.2) is 17.8 Å². The number of anilines is 2. The van der Waals surface area contributed by atoms with Crippen molar-refractivity contribution < 1.29 is 0 Å². The topological polar surface area (TPSA) is 53.9 Å². The second kappa shape index (κ2) is 7.38. The lowest BCUT2D eigenvalue weighted by Crippen LogP contribution is -2.30. The Bertz CT molecular complexity index is 479. The third kappa shape index (κ3) is 4.16. The number of aromatic nitrogens is 3. The third-order valence-electron chi connectivity index (χ3n) is 4.34. The van der Waals surface area contributed by atoms with Crippen LogP contribution in [0, 0.1) is 0 Å². The Balaban J connectivity index is 1.52. The number of hydrogen-bond donors (Lipinski definition) is 1. The minimum Gasteiger partial charge on any atom is -0.355 e. The fourth-order valence-corrected chi connectivity index (χ4v) is 3.11. The molecule has 21 heavy (non-hydrogen) atoms. The van der Waals surface area contributed by atoms with E-state index in [1.807, 2.05) is 0 Å². The maximum Gasteiger partial charge on any atom is 0.244 e. The summed E-state index contributed by atoms with van der Waals surface area (Å²) >= 11 is 0. The summed E-state index contributed by atoms with van der Waals surface area (Å²) in [5.74, 6) is 1.62. The summed E-state index contributed by atoms with van der Waals surface area (Å²) in [5, 5.41) is 11.5. The van der Waals surface area contributed by atoms with Crippen molar-refractivity contribution >= 4 is 11.8 Å². The van der Waals surface area contributed by atoms with Crippen molar-refractivity contribution in [1.29, 1.82) is 0 Å². The van der Waals surface area contributed by atoms with Gasteiger partial charge in [-0.3, -0.25) is 0 Å². The molecule has 5 heteroatoms. The standard InChI is InChI=1S/C16H25N5/c1-3-7-14(8-4-1)9-10-17-16-19-15(13-18-20-16)21-11-5-2-6-12-21/h7,13H,1-6,8-12H2,(H,17,19,20). The van der Waals surface area contributed by atoms with Gasteiger partial charge in [-0.2, -0.15) is 10.1 Å². The molecule has 0 spiro atoms. The van der Waals surface area contributed by atoms with Gasteiger partial charge in [0.2, 0.25) is 5.95 Å². The summed E-state index contributed by atoms with van der Waals surface area (Å²) in [6.07, 6.45) is 14.3. The van der Waals surface area contributed by atoms with E-state index in [1.165, 1.54) is 44.9 Å². The fraction of sp³-hybridized carbons (Fsp3) is 0.688. The maximum atomic E-state index is 4.60. The predicted molar refractivity (Wildman–Crippen MR) is 85.5 cm³/mol. The second-order valence-corrected chi connectivity index (χ2v) is 5.97. The van der Waals surface area contributed by atoms with Crippen molar-refractivity contribution in [2.24, 2.45) is 0 Å². The molecule has 0 radical (unpaired) electrons. The first kappa shape index (κ1) is 14.3. The largest absolute Gasteiger partial charge is 0.355 e. The average Bonchev–Trinajstić information content (AvgIpc) is 2.57. The molecule has 0 aromatic carbocycles. The Morgan fingerprint density at radius 2 is 2.00 bits per heavy atom. The van der Waals surface area contributed by atoms with Gasteiger partial charge in [-0.15, -0.1) is 5.10 Å². The Hall–Kier alpha value is -1.65. The number of piperidine rings is 1. The van der Waals surface area contributed by atoms with Gasteiger partial charge in [0.1, 0.15) is 0 Å². The van der Waals surface area contributed by atoms with Gasteiger partial charge >= 0.3 is 0 Å². The van der Waals surface area contributed by atoms with Crippen molar-refractivity contribution in [3.8, 4) is 0 Å². The molecule has 1 N–H and O–H groups in total. The van der Waals surface area contributed by atoms with E-state index in [4.69, 9.17) is 0 Å². The molecule has 1 aromatic rings.